The lowest BCUT2D eigenvalue weighted by atomic mass is 9.98. The van der Waals surface area contributed by atoms with E-state index in [4.69, 9.17) is 4.74 Å². The molecule has 18 nitrogen and oxygen atoms in total. The molecule has 0 aromatic heterocycles. The average Bonchev–Trinajstić information content (AvgIpc) is 4.07. The number of ether oxygens (including phenoxy) is 1. The molecule has 6 N–H and O–H groups in total. The van der Waals surface area contributed by atoms with Crippen LogP contribution < -0.4 is 31.9 Å². The lowest BCUT2D eigenvalue weighted by molar-refractivity contribution is -0.158. The minimum atomic E-state index is -1.15. The van der Waals surface area contributed by atoms with Crippen molar-refractivity contribution in [3.8, 4) is 0 Å². The first-order chi connectivity index (χ1) is 36.4. The Balaban J connectivity index is 0.806. The van der Waals surface area contributed by atoms with Gasteiger partial charge in [0.05, 0.1) is 24.7 Å². The second-order valence-electron chi connectivity index (χ2n) is 19.4. The van der Waals surface area contributed by atoms with Crippen LogP contribution in [0.2, 0.25) is 0 Å². The van der Waals surface area contributed by atoms with E-state index >= 15 is 0 Å². The molecule has 4 aliphatic rings. The molecule has 75 heavy (non-hydrogen) atoms. The van der Waals surface area contributed by atoms with Gasteiger partial charge in [0, 0.05) is 36.9 Å². The summed E-state index contributed by atoms with van der Waals surface area (Å²) < 4.78 is 6.15. The Hall–Kier alpha value is -8.09. The van der Waals surface area contributed by atoms with E-state index in [1.807, 2.05) is 121 Å². The SMILES string of the molecule is CN[C@@H](C)C(=O)N[C@H]1CN(C(=O)Nc2ccc(NC(=O)N3CCC(=O)N4C(C(=O)NC(c5ccccc5)c5ccccc5)CC[C@@H]4OC3)cc2)CC[C@H]2CC[C@@H](C(=O)NC(c3ccccc3)c3ccccc3)N2C1=O. The Morgan fingerprint density at radius 1 is 0.560 bits per heavy atom. The molecule has 0 radical (unpaired) electrons. The van der Waals surface area contributed by atoms with E-state index < -0.39 is 66.4 Å². The number of rotatable bonds is 13. The number of hydrogen-bond donors (Lipinski definition) is 6. The largest absolute Gasteiger partial charge is 0.343 e. The van der Waals surface area contributed by atoms with Crippen molar-refractivity contribution >= 4 is 53.0 Å². The van der Waals surface area contributed by atoms with Crippen molar-refractivity contribution in [1.29, 1.82) is 0 Å². The molecule has 6 atom stereocenters. The van der Waals surface area contributed by atoms with Crippen LogP contribution in [0, 0.1) is 0 Å². The highest BCUT2D eigenvalue weighted by Crippen LogP contribution is 2.33. The van der Waals surface area contributed by atoms with Crippen molar-refractivity contribution < 1.29 is 38.3 Å². The van der Waals surface area contributed by atoms with Crippen LogP contribution in [-0.4, -0.2) is 131 Å². The zero-order chi connectivity index (χ0) is 52.4. The predicted molar refractivity (Wildman–Crippen MR) is 281 cm³/mol. The molecule has 9 amide bonds. The lowest BCUT2D eigenvalue weighted by Crippen LogP contribution is -2.62. The summed E-state index contributed by atoms with van der Waals surface area (Å²) in [6.07, 6.45) is 1.49. The van der Waals surface area contributed by atoms with Crippen LogP contribution in [0.4, 0.5) is 21.0 Å². The quantitative estimate of drug-likeness (QED) is 0.0851. The van der Waals surface area contributed by atoms with Gasteiger partial charge in [-0.1, -0.05) is 121 Å². The van der Waals surface area contributed by atoms with Gasteiger partial charge < -0.3 is 56.2 Å². The van der Waals surface area contributed by atoms with E-state index in [0.717, 1.165) is 22.3 Å². The van der Waals surface area contributed by atoms with Crippen LogP contribution in [0.1, 0.15) is 79.8 Å². The van der Waals surface area contributed by atoms with E-state index in [2.05, 4.69) is 31.9 Å². The minimum absolute atomic E-state index is 0.0113. The van der Waals surface area contributed by atoms with Crippen molar-refractivity contribution in [2.75, 3.05) is 44.0 Å². The van der Waals surface area contributed by atoms with Gasteiger partial charge in [0.1, 0.15) is 31.1 Å². The number of hydrogen-bond acceptors (Lipinski definition) is 9. The highest BCUT2D eigenvalue weighted by molar-refractivity contribution is 5.96. The van der Waals surface area contributed by atoms with Crippen molar-refractivity contribution in [2.45, 2.75) is 94.0 Å². The van der Waals surface area contributed by atoms with E-state index in [0.29, 0.717) is 43.5 Å². The monoisotopic (exact) mass is 1020 g/mol. The fourth-order valence-corrected chi connectivity index (χ4v) is 10.5. The van der Waals surface area contributed by atoms with Gasteiger partial charge in [0.2, 0.25) is 29.5 Å². The first-order valence-electron chi connectivity index (χ1n) is 25.7. The van der Waals surface area contributed by atoms with Gasteiger partial charge in [-0.25, -0.2) is 9.59 Å². The highest BCUT2D eigenvalue weighted by atomic mass is 16.5. The number of amides is 9. The first kappa shape index (κ1) is 51.8. The smallest absolute Gasteiger partial charge is 0.323 e. The molecule has 0 bridgehead atoms. The molecule has 0 saturated carbocycles. The zero-order valence-electron chi connectivity index (χ0n) is 42.1. The number of carbonyl (C=O) groups is 7. The standard InChI is InChI=1S/C57H64N10O8/c1-37(58-2)52(69)61-45-35-64(33-31-44-27-28-46(66(44)55(45)72)53(70)62-50(38-15-7-3-8-16-38)39-17-9-4-10-18-39)56(73)59-42-23-25-43(26-24-42)60-57(74)65-34-32-48(68)67-47(29-30-49(67)75-36-65)54(71)63-51(40-19-11-5-12-20-40)41-21-13-6-14-22-41/h3-26,37,44-47,49-51,58H,27-36H2,1-2H3,(H,59,73)(H,60,74)(H,61,69)(H,62,70)(H,63,71)/t37-,44+,45-,46-,47?,49-/m0/s1. The number of fused-ring (bicyclic) bond motifs is 2. The maximum Gasteiger partial charge on any atom is 0.323 e. The molecule has 0 aliphatic carbocycles. The van der Waals surface area contributed by atoms with E-state index in [1.54, 1.807) is 43.1 Å². The Morgan fingerprint density at radius 3 is 1.52 bits per heavy atom. The van der Waals surface area contributed by atoms with E-state index in [-0.39, 0.29) is 56.5 Å². The van der Waals surface area contributed by atoms with Crippen LogP contribution in [0.15, 0.2) is 146 Å². The summed E-state index contributed by atoms with van der Waals surface area (Å²) in [5.74, 6) is -1.74. The predicted octanol–water partition coefficient (Wildman–Crippen LogP) is 5.72. The van der Waals surface area contributed by atoms with E-state index in [9.17, 15) is 33.6 Å². The van der Waals surface area contributed by atoms with Crippen molar-refractivity contribution in [3.05, 3.63) is 168 Å². The molecule has 9 rings (SSSR count). The van der Waals surface area contributed by atoms with Crippen LogP contribution >= 0.6 is 0 Å². The summed E-state index contributed by atoms with van der Waals surface area (Å²) in [5, 5.41) is 17.9. The second-order valence-corrected chi connectivity index (χ2v) is 19.4. The van der Waals surface area contributed by atoms with Crippen LogP contribution in [0.5, 0.6) is 0 Å². The van der Waals surface area contributed by atoms with Gasteiger partial charge in [-0.05, 0) is 92.6 Å². The number of benzene rings is 5. The number of carbonyl (C=O) groups excluding carboxylic acids is 7. The first-order valence-corrected chi connectivity index (χ1v) is 25.7. The summed E-state index contributed by atoms with van der Waals surface area (Å²) in [5.41, 5.74) is 4.46. The molecule has 4 fully saturated rings. The number of likely N-dealkylation sites (N-methyl/N-ethyl adjacent to an activating group) is 1. The second kappa shape index (κ2) is 23.8. The number of anilines is 2. The molecule has 4 saturated heterocycles. The molecular formula is C57H64N10O8. The van der Waals surface area contributed by atoms with Gasteiger partial charge in [0.25, 0.3) is 0 Å². The topological polar surface area (TPSA) is 214 Å². The van der Waals surface area contributed by atoms with Crippen LogP contribution in [0.3, 0.4) is 0 Å². The normalized spacial score (nSPS) is 21.2. The van der Waals surface area contributed by atoms with Gasteiger partial charge >= 0.3 is 12.1 Å². The molecule has 0 spiro atoms. The van der Waals surface area contributed by atoms with Crippen LogP contribution in [0.25, 0.3) is 0 Å². The molecule has 18 heteroatoms. The Labute approximate surface area is 436 Å². The third-order valence-corrected chi connectivity index (χ3v) is 14.6. The fourth-order valence-electron chi connectivity index (χ4n) is 10.5. The summed E-state index contributed by atoms with van der Waals surface area (Å²) in [7, 11) is 1.63. The summed E-state index contributed by atoms with van der Waals surface area (Å²) in [6, 6.07) is 39.6. The van der Waals surface area contributed by atoms with Gasteiger partial charge in [-0.2, -0.15) is 0 Å². The Bertz CT molecular complexity index is 2730. The molecule has 5 aromatic carbocycles. The molecular weight excluding hydrogens is 953 g/mol. The maximum absolute atomic E-state index is 14.7. The number of urea groups is 2. The third kappa shape index (κ3) is 12.1. The highest BCUT2D eigenvalue weighted by Gasteiger charge is 2.47. The summed E-state index contributed by atoms with van der Waals surface area (Å²) in [4.78, 5) is 104. The lowest BCUT2D eigenvalue weighted by Gasteiger charge is -2.39. The van der Waals surface area contributed by atoms with Crippen LogP contribution in [-0.2, 0) is 28.7 Å². The fraction of sp³-hybridized carbons (Fsp3) is 0.351. The molecule has 5 aromatic rings. The summed E-state index contributed by atoms with van der Waals surface area (Å²) >= 11 is 0. The third-order valence-electron chi connectivity index (χ3n) is 14.6. The van der Waals surface area contributed by atoms with Gasteiger partial charge in [-0.3, -0.25) is 24.0 Å². The zero-order valence-corrected chi connectivity index (χ0v) is 42.1. The average molecular weight is 1020 g/mol. The molecule has 4 heterocycles. The molecule has 4 aliphatic heterocycles. The number of nitrogens with one attached hydrogen (secondary N) is 6. The number of nitrogens with zero attached hydrogens (tertiary/aromatic N) is 4. The maximum atomic E-state index is 14.7. The Kier molecular flexibility index (Phi) is 16.5. The summed E-state index contributed by atoms with van der Waals surface area (Å²) in [6.45, 7) is 1.70. The van der Waals surface area contributed by atoms with Crippen molar-refractivity contribution in [2.24, 2.45) is 0 Å². The minimum Gasteiger partial charge on any atom is -0.343 e. The van der Waals surface area contributed by atoms with Gasteiger partial charge in [0.15, 0.2) is 0 Å². The van der Waals surface area contributed by atoms with Crippen molar-refractivity contribution in [3.63, 3.8) is 0 Å². The van der Waals surface area contributed by atoms with E-state index in [1.165, 1.54) is 14.7 Å². The van der Waals surface area contributed by atoms with Crippen molar-refractivity contribution in [1.82, 2.24) is 40.9 Å². The Morgan fingerprint density at radius 2 is 1.03 bits per heavy atom. The molecule has 390 valence electrons. The van der Waals surface area contributed by atoms with Gasteiger partial charge in [-0.15, -0.1) is 0 Å². The molecule has 1 unspecified atom stereocenters.